The molecule has 0 aromatic rings. The van der Waals surface area contributed by atoms with Crippen LogP contribution in [0.4, 0.5) is 0 Å². The van der Waals surface area contributed by atoms with E-state index in [1.807, 2.05) is 27.7 Å². The third-order valence-electron chi connectivity index (χ3n) is 14.8. The molecule has 0 aliphatic rings. The van der Waals surface area contributed by atoms with E-state index in [0.29, 0.717) is 43.9 Å². The first-order valence-corrected chi connectivity index (χ1v) is 32.0. The van der Waals surface area contributed by atoms with Crippen molar-refractivity contribution in [3.05, 3.63) is 0 Å². The Morgan fingerprint density at radius 2 is 0.931 bits per heavy atom. The average Bonchev–Trinajstić information content (AvgIpc) is 3.03. The number of unbranched alkanes of at least 4 members (excludes halogenated alkanes) is 13. The minimum absolute atomic E-state index is 0.0361. The van der Waals surface area contributed by atoms with Crippen LogP contribution >= 0.6 is 0 Å². The van der Waals surface area contributed by atoms with Gasteiger partial charge in [-0.3, -0.25) is 57.9 Å². The van der Waals surface area contributed by atoms with Crippen molar-refractivity contribution in [3.63, 3.8) is 0 Å². The Balaban J connectivity index is 6.38. The van der Waals surface area contributed by atoms with E-state index in [1.165, 1.54) is 51.4 Å². The molecule has 0 aliphatic heterocycles. The second-order valence-corrected chi connectivity index (χ2v) is 23.7. The molecule has 9 amide bonds. The molecule has 0 aromatic heterocycles. The summed E-state index contributed by atoms with van der Waals surface area (Å²) in [5.74, 6) is -7.70. The van der Waals surface area contributed by atoms with E-state index in [4.69, 9.17) is 22.9 Å². The summed E-state index contributed by atoms with van der Waals surface area (Å²) in [7, 11) is 0. The number of primary amides is 1. The SMILES string of the molecule is CCCCCCCCCCCCCCCC(=O)NCC(=O)NC(CO)C(=O)NC(C(=O)NC(CC(C)=O)C(=O)NC(CCCN=C(N)C(C)CC)C(=O)NC(CC(C)C)C(=O)NC(CCCN=C(N)C(C)C)C(=O)NC(CCCCN)C(N)=O)C(C)O. The lowest BCUT2D eigenvalue weighted by atomic mass is 10.0. The molecular formula is C61H114N14O12. The zero-order chi connectivity index (χ0) is 65.9. The molecule has 0 fully saturated rings. The van der Waals surface area contributed by atoms with Crippen LogP contribution in [0.15, 0.2) is 9.98 Å². The molecule has 0 radical (unpaired) electrons. The molecule has 26 heteroatoms. The molecule has 9 unspecified atom stereocenters. The predicted octanol–water partition coefficient (Wildman–Crippen LogP) is 1.97. The van der Waals surface area contributed by atoms with Crippen LogP contribution in [0, 0.1) is 17.8 Å². The summed E-state index contributed by atoms with van der Waals surface area (Å²) in [5, 5.41) is 41.0. The van der Waals surface area contributed by atoms with Gasteiger partial charge >= 0.3 is 0 Å². The molecule has 0 saturated carbocycles. The summed E-state index contributed by atoms with van der Waals surface area (Å²) in [6.45, 7) is 14.9. The smallest absolute Gasteiger partial charge is 0.245 e. The standard InChI is InChI=1S/C61H114N14O12/c1-10-12-13-14-15-16-17-18-19-20-21-22-23-31-50(79)68-37-51(80)69-49(38-76)60(86)75-52(43(9)78)61(87)74-48(36-42(8)77)59(85)72-46(30-27-34-67-54(64)41(7)11-2)57(83)73-47(35-39(3)4)58(84)71-45(29-26-33-66-53(63)40(5)6)56(82)70-44(55(65)81)28-24-25-32-62/h39-41,43-49,52,76,78H,10-38,62H2,1-9H3,(H2,63,66)(H2,64,67)(H2,65,81)(H,68,79)(H,69,80)(H,70,82)(H,71,84)(H,72,85)(H,73,83)(H,74,87)(H,75,86). The third kappa shape index (κ3) is 37.9. The normalized spacial score (nSPS) is 14.9. The number of Topliss-reactive ketones (excluding diaryl/α,β-unsaturated/α-hetero) is 1. The van der Waals surface area contributed by atoms with E-state index >= 15 is 0 Å². The van der Waals surface area contributed by atoms with Crippen molar-refractivity contribution < 1.29 is 58.2 Å². The van der Waals surface area contributed by atoms with Gasteiger partial charge in [0.15, 0.2) is 0 Å². The molecule has 26 nitrogen and oxygen atoms in total. The van der Waals surface area contributed by atoms with Gasteiger partial charge in [-0.15, -0.1) is 0 Å². The van der Waals surface area contributed by atoms with Crippen molar-refractivity contribution >= 4 is 70.6 Å². The number of ketones is 1. The number of amides is 9. The molecular weight excluding hydrogens is 1120 g/mol. The second kappa shape index (κ2) is 47.7. The number of nitrogens with zero attached hydrogens (tertiary/aromatic N) is 2. The highest BCUT2D eigenvalue weighted by atomic mass is 16.3. The Hall–Kier alpha value is -6.28. The van der Waals surface area contributed by atoms with Crippen LogP contribution in [0.5, 0.6) is 0 Å². The quantitative estimate of drug-likeness (QED) is 0.0235. The lowest BCUT2D eigenvalue weighted by Crippen LogP contribution is -2.62. The third-order valence-corrected chi connectivity index (χ3v) is 14.8. The van der Waals surface area contributed by atoms with Crippen LogP contribution in [0.1, 0.15) is 216 Å². The minimum atomic E-state index is -1.82. The number of aliphatic hydroxyl groups is 2. The number of rotatable bonds is 51. The van der Waals surface area contributed by atoms with E-state index in [0.717, 1.165) is 39.5 Å². The van der Waals surface area contributed by atoms with Crippen LogP contribution < -0.4 is 65.5 Å². The number of nitrogens with two attached hydrogens (primary N) is 4. The molecule has 500 valence electrons. The van der Waals surface area contributed by atoms with Crippen molar-refractivity contribution in [3.8, 4) is 0 Å². The van der Waals surface area contributed by atoms with Gasteiger partial charge in [0.05, 0.1) is 30.9 Å². The summed E-state index contributed by atoms with van der Waals surface area (Å²) < 4.78 is 0. The van der Waals surface area contributed by atoms with Gasteiger partial charge in [-0.2, -0.15) is 0 Å². The number of nitrogens with one attached hydrogen (secondary N) is 8. The maximum absolute atomic E-state index is 14.5. The zero-order valence-electron chi connectivity index (χ0n) is 54.0. The molecule has 87 heavy (non-hydrogen) atoms. The highest BCUT2D eigenvalue weighted by Gasteiger charge is 2.36. The first kappa shape index (κ1) is 80.7. The fourth-order valence-electron chi connectivity index (χ4n) is 9.09. The maximum Gasteiger partial charge on any atom is 0.245 e. The first-order chi connectivity index (χ1) is 41.2. The lowest BCUT2D eigenvalue weighted by molar-refractivity contribution is -0.137. The molecule has 0 bridgehead atoms. The van der Waals surface area contributed by atoms with Crippen LogP contribution in [0.25, 0.3) is 0 Å². The van der Waals surface area contributed by atoms with Crippen molar-refractivity contribution in [1.29, 1.82) is 0 Å². The summed E-state index contributed by atoms with van der Waals surface area (Å²) >= 11 is 0. The topological polar surface area (TPSA) is 436 Å². The molecule has 0 heterocycles. The Morgan fingerprint density at radius 3 is 1.39 bits per heavy atom. The van der Waals surface area contributed by atoms with Gasteiger partial charge in [-0.05, 0) is 90.5 Å². The van der Waals surface area contributed by atoms with Crippen LogP contribution in [0.2, 0.25) is 0 Å². The van der Waals surface area contributed by atoms with Crippen molar-refractivity contribution in [2.75, 3.05) is 32.8 Å². The maximum atomic E-state index is 14.5. The van der Waals surface area contributed by atoms with Crippen molar-refractivity contribution in [2.24, 2.45) is 50.7 Å². The number of hydrogen-bond acceptors (Lipinski definition) is 15. The number of aliphatic hydroxyl groups excluding tert-OH is 2. The highest BCUT2D eigenvalue weighted by Crippen LogP contribution is 2.15. The van der Waals surface area contributed by atoms with E-state index in [9.17, 15) is 58.2 Å². The summed E-state index contributed by atoms with van der Waals surface area (Å²) in [6, 6.07) is -10.2. The molecule has 0 aromatic carbocycles. The Kier molecular flexibility index (Phi) is 44.3. The molecule has 0 rings (SSSR count). The summed E-state index contributed by atoms with van der Waals surface area (Å²) in [6.07, 6.45) is 15.3. The number of carbonyl (C=O) groups is 10. The largest absolute Gasteiger partial charge is 0.394 e. The zero-order valence-corrected chi connectivity index (χ0v) is 54.0. The Bertz CT molecular complexity index is 2140. The predicted molar refractivity (Wildman–Crippen MR) is 338 cm³/mol. The summed E-state index contributed by atoms with van der Waals surface area (Å²) in [4.78, 5) is 143. The monoisotopic (exact) mass is 1230 g/mol. The highest BCUT2D eigenvalue weighted by molar-refractivity contribution is 5.99. The van der Waals surface area contributed by atoms with Gasteiger partial charge < -0.3 is 75.7 Å². The fourth-order valence-corrected chi connectivity index (χ4v) is 9.09. The van der Waals surface area contributed by atoms with E-state index in [1.54, 1.807) is 13.8 Å². The van der Waals surface area contributed by atoms with Crippen LogP contribution in [0.3, 0.4) is 0 Å². The van der Waals surface area contributed by atoms with Crippen LogP contribution in [-0.2, 0) is 47.9 Å². The van der Waals surface area contributed by atoms with Gasteiger partial charge in [-0.25, -0.2) is 0 Å². The van der Waals surface area contributed by atoms with Gasteiger partial charge in [0, 0.05) is 37.8 Å². The lowest BCUT2D eigenvalue weighted by Gasteiger charge is -2.28. The van der Waals surface area contributed by atoms with Crippen molar-refractivity contribution in [2.45, 2.75) is 265 Å². The minimum Gasteiger partial charge on any atom is -0.394 e. The second-order valence-electron chi connectivity index (χ2n) is 23.7. The molecule has 18 N–H and O–H groups in total. The molecule has 0 aliphatic carbocycles. The van der Waals surface area contributed by atoms with Gasteiger partial charge in [0.2, 0.25) is 53.2 Å². The van der Waals surface area contributed by atoms with Gasteiger partial charge in [0.25, 0.3) is 0 Å². The van der Waals surface area contributed by atoms with E-state index in [2.05, 4.69) is 59.4 Å². The Morgan fingerprint density at radius 1 is 0.483 bits per heavy atom. The number of carbonyl (C=O) groups excluding carboxylic acids is 10. The molecule has 9 atom stereocenters. The van der Waals surface area contributed by atoms with Crippen molar-refractivity contribution in [1.82, 2.24) is 42.5 Å². The number of amidine groups is 2. The average molecular weight is 1240 g/mol. The Labute approximate surface area is 517 Å². The van der Waals surface area contributed by atoms with Crippen LogP contribution in [-0.4, -0.2) is 162 Å². The molecule has 0 saturated heterocycles. The van der Waals surface area contributed by atoms with Gasteiger partial charge in [-0.1, -0.05) is 126 Å². The number of aliphatic imine (C=N–C) groups is 2. The molecule has 0 spiro atoms. The first-order valence-electron chi connectivity index (χ1n) is 32.0. The summed E-state index contributed by atoms with van der Waals surface area (Å²) in [5.41, 5.74) is 23.5. The van der Waals surface area contributed by atoms with Gasteiger partial charge in [0.1, 0.15) is 48.1 Å². The fraction of sp³-hybridized carbons (Fsp3) is 0.803. The van der Waals surface area contributed by atoms with E-state index < -0.39 is 121 Å². The number of hydrogen-bond donors (Lipinski definition) is 14. The van der Waals surface area contributed by atoms with E-state index in [-0.39, 0.29) is 81.7 Å².